The Kier molecular flexibility index (Phi) is 3.91. The quantitative estimate of drug-likeness (QED) is 0.232. The number of hydrogen-bond acceptors (Lipinski definition) is 0. The largest absolute Gasteiger partial charge is 0.0622 e. The number of hydrogen-bond donors (Lipinski definition) is 0. The lowest BCUT2D eigenvalue weighted by atomic mass is 9.65. The van der Waals surface area contributed by atoms with Gasteiger partial charge in [-0.25, -0.2) is 0 Å². The van der Waals surface area contributed by atoms with Crippen LogP contribution >= 0.6 is 0 Å². The SMILES string of the molecule is c1ccc(-c2ccc3c4c2ccc2ccc5c(-c6ccccc6)ccc(c5c24)C32CCCC2)cc1. The predicted octanol–water partition coefficient (Wildman–Crippen LogP) is 9.65. The zero-order valence-corrected chi connectivity index (χ0v) is 19.7. The highest BCUT2D eigenvalue weighted by molar-refractivity contribution is 6.27. The van der Waals surface area contributed by atoms with Gasteiger partial charge in [0, 0.05) is 5.41 Å². The van der Waals surface area contributed by atoms with Gasteiger partial charge in [0.25, 0.3) is 0 Å². The Morgan fingerprint density at radius 2 is 0.914 bits per heavy atom. The first-order valence-corrected chi connectivity index (χ1v) is 12.9. The van der Waals surface area contributed by atoms with Crippen molar-refractivity contribution in [2.45, 2.75) is 31.1 Å². The fraction of sp³-hybridized carbons (Fsp3) is 0.143. The molecule has 8 rings (SSSR count). The van der Waals surface area contributed by atoms with Crippen LogP contribution in [0.3, 0.4) is 0 Å². The predicted molar refractivity (Wildman–Crippen MR) is 149 cm³/mol. The molecule has 0 aromatic heterocycles. The Hall–Kier alpha value is -3.90. The molecule has 2 aliphatic carbocycles. The minimum absolute atomic E-state index is 0.129. The van der Waals surface area contributed by atoms with E-state index in [1.165, 1.54) is 80.3 Å². The van der Waals surface area contributed by atoms with Gasteiger partial charge in [0.2, 0.25) is 0 Å². The summed E-state index contributed by atoms with van der Waals surface area (Å²) in [5, 5.41) is 8.60. The van der Waals surface area contributed by atoms with Crippen molar-refractivity contribution < 1.29 is 0 Å². The lowest BCUT2D eigenvalue weighted by Gasteiger charge is -2.37. The van der Waals surface area contributed by atoms with Crippen LogP contribution in [-0.4, -0.2) is 0 Å². The maximum absolute atomic E-state index is 2.47. The molecule has 1 spiro atoms. The summed E-state index contributed by atoms with van der Waals surface area (Å²) in [5.74, 6) is 0. The van der Waals surface area contributed by atoms with Crippen molar-refractivity contribution in [3.05, 3.63) is 120 Å². The van der Waals surface area contributed by atoms with E-state index in [0.717, 1.165) is 0 Å². The number of fused-ring (bicyclic) bond motifs is 2. The highest BCUT2D eigenvalue weighted by Crippen LogP contribution is 2.57. The number of benzene rings is 6. The van der Waals surface area contributed by atoms with Gasteiger partial charge in [-0.05, 0) is 78.5 Å². The maximum atomic E-state index is 2.47. The fourth-order valence-corrected chi connectivity index (χ4v) is 7.30. The van der Waals surface area contributed by atoms with E-state index in [1.54, 1.807) is 11.1 Å². The van der Waals surface area contributed by atoms with E-state index in [-0.39, 0.29) is 5.41 Å². The van der Waals surface area contributed by atoms with Crippen molar-refractivity contribution in [1.29, 1.82) is 0 Å². The molecule has 6 aromatic rings. The van der Waals surface area contributed by atoms with Crippen LogP contribution in [-0.2, 0) is 5.41 Å². The van der Waals surface area contributed by atoms with Crippen LogP contribution in [0.5, 0.6) is 0 Å². The van der Waals surface area contributed by atoms with Gasteiger partial charge in [0.1, 0.15) is 0 Å². The van der Waals surface area contributed by atoms with Crippen LogP contribution in [0.25, 0.3) is 54.6 Å². The monoisotopic (exact) mass is 446 g/mol. The molecule has 0 nitrogen and oxygen atoms in total. The molecule has 166 valence electrons. The smallest absolute Gasteiger partial charge is 0.0215 e. The van der Waals surface area contributed by atoms with Crippen molar-refractivity contribution in [2.75, 3.05) is 0 Å². The van der Waals surface area contributed by atoms with E-state index in [2.05, 4.69) is 109 Å². The Morgan fingerprint density at radius 3 is 1.40 bits per heavy atom. The van der Waals surface area contributed by atoms with E-state index in [0.29, 0.717) is 0 Å². The minimum Gasteiger partial charge on any atom is -0.0622 e. The average Bonchev–Trinajstić information content (AvgIpc) is 3.42. The van der Waals surface area contributed by atoms with Crippen LogP contribution in [0, 0.1) is 0 Å². The van der Waals surface area contributed by atoms with Crippen molar-refractivity contribution in [1.82, 2.24) is 0 Å². The Morgan fingerprint density at radius 1 is 0.429 bits per heavy atom. The summed E-state index contributed by atoms with van der Waals surface area (Å²) in [6.07, 6.45) is 5.11. The summed E-state index contributed by atoms with van der Waals surface area (Å²) in [5.41, 5.74) is 8.54. The lowest BCUT2D eigenvalue weighted by Crippen LogP contribution is -2.26. The second kappa shape index (κ2) is 7.06. The second-order valence-electron chi connectivity index (χ2n) is 10.4. The third-order valence-corrected chi connectivity index (χ3v) is 8.80. The number of rotatable bonds is 2. The van der Waals surface area contributed by atoms with Gasteiger partial charge < -0.3 is 0 Å². The molecule has 0 aliphatic heterocycles. The van der Waals surface area contributed by atoms with Crippen molar-refractivity contribution in [2.24, 2.45) is 0 Å². The third-order valence-electron chi connectivity index (χ3n) is 8.80. The topological polar surface area (TPSA) is 0 Å². The van der Waals surface area contributed by atoms with Crippen LogP contribution in [0.2, 0.25) is 0 Å². The van der Waals surface area contributed by atoms with E-state index in [4.69, 9.17) is 0 Å². The van der Waals surface area contributed by atoms with Gasteiger partial charge in [0.15, 0.2) is 0 Å². The standard InChI is InChI=1S/C35H26/c1-3-9-23(10-4-1)26-17-19-30-33-28(26)15-13-25-14-16-29-27(24-11-5-2-6-12-24)18-20-31(34(29)32(25)33)35(30)21-7-8-22-35/h1-6,9-20H,7-8,21-22H2. The molecule has 35 heavy (non-hydrogen) atoms. The van der Waals surface area contributed by atoms with Gasteiger partial charge in [-0.2, -0.15) is 0 Å². The lowest BCUT2D eigenvalue weighted by molar-refractivity contribution is 0.544. The maximum Gasteiger partial charge on any atom is 0.0215 e. The minimum atomic E-state index is 0.129. The zero-order chi connectivity index (χ0) is 23.0. The first-order valence-electron chi connectivity index (χ1n) is 12.9. The Bertz CT molecular complexity index is 1640. The van der Waals surface area contributed by atoms with Gasteiger partial charge in [-0.3, -0.25) is 0 Å². The van der Waals surface area contributed by atoms with E-state index in [1.807, 2.05) is 0 Å². The molecule has 0 N–H and O–H groups in total. The molecule has 1 saturated carbocycles. The van der Waals surface area contributed by atoms with Crippen molar-refractivity contribution >= 4 is 32.3 Å². The fourth-order valence-electron chi connectivity index (χ4n) is 7.30. The van der Waals surface area contributed by atoms with E-state index < -0.39 is 0 Å². The first kappa shape index (κ1) is 19.4. The molecular weight excluding hydrogens is 420 g/mol. The molecule has 2 aliphatic rings. The Labute approximate surface area is 205 Å². The molecule has 0 heteroatoms. The highest BCUT2D eigenvalue weighted by atomic mass is 14.5. The van der Waals surface area contributed by atoms with Gasteiger partial charge in [-0.1, -0.05) is 122 Å². The molecule has 0 bridgehead atoms. The summed E-state index contributed by atoms with van der Waals surface area (Å²) in [6.45, 7) is 0. The molecular formula is C35H26. The van der Waals surface area contributed by atoms with Gasteiger partial charge in [-0.15, -0.1) is 0 Å². The first-order chi connectivity index (χ1) is 17.4. The summed E-state index contributed by atoms with van der Waals surface area (Å²) >= 11 is 0. The van der Waals surface area contributed by atoms with Crippen LogP contribution in [0.1, 0.15) is 36.8 Å². The summed E-state index contributed by atoms with van der Waals surface area (Å²) in [7, 11) is 0. The summed E-state index contributed by atoms with van der Waals surface area (Å²) in [6, 6.07) is 41.0. The molecule has 0 atom stereocenters. The average molecular weight is 447 g/mol. The van der Waals surface area contributed by atoms with Crippen LogP contribution in [0.15, 0.2) is 109 Å². The van der Waals surface area contributed by atoms with E-state index in [9.17, 15) is 0 Å². The zero-order valence-electron chi connectivity index (χ0n) is 19.7. The summed E-state index contributed by atoms with van der Waals surface area (Å²) in [4.78, 5) is 0. The van der Waals surface area contributed by atoms with Crippen LogP contribution < -0.4 is 0 Å². The van der Waals surface area contributed by atoms with E-state index >= 15 is 0 Å². The second-order valence-corrected chi connectivity index (χ2v) is 10.4. The van der Waals surface area contributed by atoms with Gasteiger partial charge in [0.05, 0.1) is 0 Å². The molecule has 0 heterocycles. The third kappa shape index (κ3) is 2.52. The normalized spacial score (nSPS) is 15.8. The van der Waals surface area contributed by atoms with Crippen LogP contribution in [0.4, 0.5) is 0 Å². The molecule has 0 unspecified atom stereocenters. The molecule has 1 fully saturated rings. The Balaban J connectivity index is 1.59. The van der Waals surface area contributed by atoms with Crippen molar-refractivity contribution in [3.63, 3.8) is 0 Å². The molecule has 6 aromatic carbocycles. The molecule has 0 amide bonds. The molecule has 0 saturated heterocycles. The summed E-state index contributed by atoms with van der Waals surface area (Å²) < 4.78 is 0. The van der Waals surface area contributed by atoms with Gasteiger partial charge >= 0.3 is 0 Å². The molecule has 0 radical (unpaired) electrons. The highest BCUT2D eigenvalue weighted by Gasteiger charge is 2.42. The van der Waals surface area contributed by atoms with Crippen molar-refractivity contribution in [3.8, 4) is 22.3 Å².